The monoisotopic (exact) mass is 297 g/mol. The predicted molar refractivity (Wildman–Crippen MR) is 76.3 cm³/mol. The molecule has 3 nitrogen and oxygen atoms in total. The minimum absolute atomic E-state index is 0.358. The Hall–Kier alpha value is -1.98. The molecule has 6 heteroatoms. The Labute approximate surface area is 121 Å². The van der Waals surface area contributed by atoms with Crippen molar-refractivity contribution in [3.63, 3.8) is 0 Å². The van der Waals surface area contributed by atoms with E-state index in [0.717, 1.165) is 24.7 Å². The SMILES string of the molecule is CCCNc1nc(C)cn1Cc1cccc(C(F)(F)F)c1. The second kappa shape index (κ2) is 6.20. The Balaban J connectivity index is 2.22. The molecule has 114 valence electrons. The van der Waals surface area contributed by atoms with Crippen molar-refractivity contribution >= 4 is 5.95 Å². The van der Waals surface area contributed by atoms with Gasteiger partial charge < -0.3 is 9.88 Å². The highest BCUT2D eigenvalue weighted by Crippen LogP contribution is 2.29. The molecule has 0 spiro atoms. The lowest BCUT2D eigenvalue weighted by molar-refractivity contribution is -0.137. The molecule has 0 bridgehead atoms. The quantitative estimate of drug-likeness (QED) is 0.901. The fourth-order valence-electron chi connectivity index (χ4n) is 2.09. The highest BCUT2D eigenvalue weighted by Gasteiger charge is 2.30. The second-order valence-electron chi connectivity index (χ2n) is 4.96. The molecular formula is C15H18F3N3. The van der Waals surface area contributed by atoms with Crippen LogP contribution < -0.4 is 5.32 Å². The van der Waals surface area contributed by atoms with E-state index >= 15 is 0 Å². The fraction of sp³-hybridized carbons (Fsp3) is 0.400. The van der Waals surface area contributed by atoms with Crippen molar-refractivity contribution in [2.24, 2.45) is 0 Å². The van der Waals surface area contributed by atoms with Crippen LogP contribution in [0.1, 0.15) is 30.2 Å². The van der Waals surface area contributed by atoms with Crippen LogP contribution in [0.25, 0.3) is 0 Å². The Morgan fingerprint density at radius 1 is 1.29 bits per heavy atom. The molecule has 2 rings (SSSR count). The van der Waals surface area contributed by atoms with Gasteiger partial charge in [0.2, 0.25) is 5.95 Å². The fourth-order valence-corrected chi connectivity index (χ4v) is 2.09. The molecule has 0 aliphatic carbocycles. The molecule has 1 aromatic heterocycles. The van der Waals surface area contributed by atoms with E-state index in [9.17, 15) is 13.2 Å². The Morgan fingerprint density at radius 2 is 2.05 bits per heavy atom. The topological polar surface area (TPSA) is 29.9 Å². The summed E-state index contributed by atoms with van der Waals surface area (Å²) in [7, 11) is 0. The molecule has 0 fully saturated rings. The molecule has 21 heavy (non-hydrogen) atoms. The zero-order chi connectivity index (χ0) is 15.5. The lowest BCUT2D eigenvalue weighted by Crippen LogP contribution is -2.10. The highest BCUT2D eigenvalue weighted by atomic mass is 19.4. The molecule has 0 aliphatic rings. The van der Waals surface area contributed by atoms with Crippen LogP contribution in [0.15, 0.2) is 30.5 Å². The average molecular weight is 297 g/mol. The van der Waals surface area contributed by atoms with Crippen LogP contribution in [0.3, 0.4) is 0 Å². The first-order valence-electron chi connectivity index (χ1n) is 6.84. The second-order valence-corrected chi connectivity index (χ2v) is 4.96. The van der Waals surface area contributed by atoms with Gasteiger partial charge in [0.05, 0.1) is 17.8 Å². The third kappa shape index (κ3) is 4.00. The van der Waals surface area contributed by atoms with Crippen LogP contribution >= 0.6 is 0 Å². The van der Waals surface area contributed by atoms with Gasteiger partial charge in [-0.1, -0.05) is 19.1 Å². The van der Waals surface area contributed by atoms with E-state index in [-0.39, 0.29) is 0 Å². The molecule has 0 radical (unpaired) electrons. The van der Waals surface area contributed by atoms with E-state index in [2.05, 4.69) is 10.3 Å². The summed E-state index contributed by atoms with van der Waals surface area (Å²) in [4.78, 5) is 4.35. The molecule has 1 N–H and O–H groups in total. The number of anilines is 1. The summed E-state index contributed by atoms with van der Waals surface area (Å²) in [6.45, 7) is 5.04. The van der Waals surface area contributed by atoms with Crippen LogP contribution in [-0.4, -0.2) is 16.1 Å². The lowest BCUT2D eigenvalue weighted by atomic mass is 10.1. The maximum Gasteiger partial charge on any atom is 0.416 e. The zero-order valence-corrected chi connectivity index (χ0v) is 12.0. The number of halogens is 3. The highest BCUT2D eigenvalue weighted by molar-refractivity contribution is 5.32. The third-order valence-corrected chi connectivity index (χ3v) is 3.04. The standard InChI is InChI=1S/C15H18F3N3/c1-3-7-19-14-20-11(2)9-21(14)10-12-5-4-6-13(8-12)15(16,17)18/h4-6,8-9H,3,7,10H2,1-2H3,(H,19,20). The van der Waals surface area contributed by atoms with Gasteiger partial charge in [-0.3, -0.25) is 0 Å². The number of nitrogens with one attached hydrogen (secondary N) is 1. The lowest BCUT2D eigenvalue weighted by Gasteiger charge is -2.11. The summed E-state index contributed by atoms with van der Waals surface area (Å²) in [5.41, 5.74) is 0.808. The van der Waals surface area contributed by atoms with Gasteiger partial charge in [0.25, 0.3) is 0 Å². The molecule has 0 atom stereocenters. The maximum atomic E-state index is 12.7. The number of hydrogen-bond donors (Lipinski definition) is 1. The minimum Gasteiger partial charge on any atom is -0.356 e. The van der Waals surface area contributed by atoms with Gasteiger partial charge in [-0.05, 0) is 31.0 Å². The van der Waals surface area contributed by atoms with Crippen molar-refractivity contribution < 1.29 is 13.2 Å². The summed E-state index contributed by atoms with van der Waals surface area (Å²) < 4.78 is 40.0. The molecule has 1 aromatic carbocycles. The van der Waals surface area contributed by atoms with Crippen molar-refractivity contribution in [2.45, 2.75) is 33.0 Å². The van der Waals surface area contributed by atoms with E-state index in [1.165, 1.54) is 12.1 Å². The maximum absolute atomic E-state index is 12.7. The van der Waals surface area contributed by atoms with Gasteiger partial charge in [-0.25, -0.2) is 4.98 Å². The summed E-state index contributed by atoms with van der Waals surface area (Å²) in [5.74, 6) is 0.687. The van der Waals surface area contributed by atoms with Gasteiger partial charge in [-0.2, -0.15) is 13.2 Å². The summed E-state index contributed by atoms with van der Waals surface area (Å²) in [6.07, 6.45) is -1.53. The molecule has 0 aliphatic heterocycles. The number of alkyl halides is 3. The van der Waals surface area contributed by atoms with Crippen LogP contribution in [-0.2, 0) is 12.7 Å². The van der Waals surface area contributed by atoms with Crippen molar-refractivity contribution in [1.29, 1.82) is 0 Å². The molecule has 0 unspecified atom stereocenters. The average Bonchev–Trinajstić information content (AvgIpc) is 2.76. The van der Waals surface area contributed by atoms with Gasteiger partial charge in [0.15, 0.2) is 0 Å². The number of nitrogens with zero attached hydrogens (tertiary/aromatic N) is 2. The molecule has 0 saturated heterocycles. The van der Waals surface area contributed by atoms with Crippen LogP contribution in [0.2, 0.25) is 0 Å². The normalized spacial score (nSPS) is 11.7. The first-order chi connectivity index (χ1) is 9.90. The number of imidazole rings is 1. The van der Waals surface area contributed by atoms with Crippen LogP contribution in [0.5, 0.6) is 0 Å². The predicted octanol–water partition coefficient (Wildman–Crippen LogP) is 4.08. The number of rotatable bonds is 5. The largest absolute Gasteiger partial charge is 0.416 e. The smallest absolute Gasteiger partial charge is 0.356 e. The third-order valence-electron chi connectivity index (χ3n) is 3.04. The van der Waals surface area contributed by atoms with E-state index < -0.39 is 11.7 Å². The van der Waals surface area contributed by atoms with E-state index in [4.69, 9.17) is 0 Å². The number of benzene rings is 1. The van der Waals surface area contributed by atoms with Crippen molar-refractivity contribution in [3.05, 3.63) is 47.3 Å². The Kier molecular flexibility index (Phi) is 4.55. The van der Waals surface area contributed by atoms with Gasteiger partial charge in [-0.15, -0.1) is 0 Å². The zero-order valence-electron chi connectivity index (χ0n) is 12.0. The molecular weight excluding hydrogens is 279 g/mol. The van der Waals surface area contributed by atoms with Gasteiger partial charge in [0, 0.05) is 12.7 Å². The van der Waals surface area contributed by atoms with Crippen molar-refractivity contribution in [1.82, 2.24) is 9.55 Å². The van der Waals surface area contributed by atoms with Gasteiger partial charge >= 0.3 is 6.18 Å². The Morgan fingerprint density at radius 3 is 2.71 bits per heavy atom. The van der Waals surface area contributed by atoms with Crippen molar-refractivity contribution in [2.75, 3.05) is 11.9 Å². The molecule has 0 saturated carbocycles. The molecule has 0 amide bonds. The van der Waals surface area contributed by atoms with E-state index in [0.29, 0.717) is 18.1 Å². The number of hydrogen-bond acceptors (Lipinski definition) is 2. The summed E-state index contributed by atoms with van der Waals surface area (Å²) >= 11 is 0. The first kappa shape index (κ1) is 15.4. The Bertz CT molecular complexity index is 602. The van der Waals surface area contributed by atoms with Gasteiger partial charge in [0.1, 0.15) is 0 Å². The van der Waals surface area contributed by atoms with Crippen molar-refractivity contribution in [3.8, 4) is 0 Å². The van der Waals surface area contributed by atoms with Crippen LogP contribution in [0, 0.1) is 6.92 Å². The van der Waals surface area contributed by atoms with Crippen LogP contribution in [0.4, 0.5) is 19.1 Å². The minimum atomic E-state index is -4.32. The molecule has 2 aromatic rings. The summed E-state index contributed by atoms with van der Waals surface area (Å²) in [6, 6.07) is 5.38. The molecule has 1 heterocycles. The number of aryl methyl sites for hydroxylation is 1. The van der Waals surface area contributed by atoms with E-state index in [1.54, 1.807) is 6.07 Å². The number of aromatic nitrogens is 2. The van der Waals surface area contributed by atoms with E-state index in [1.807, 2.05) is 24.6 Å². The summed E-state index contributed by atoms with van der Waals surface area (Å²) in [5, 5.41) is 3.18. The first-order valence-corrected chi connectivity index (χ1v) is 6.84.